The fraction of sp³-hybridized carbons (Fsp3) is 0.333. The lowest BCUT2D eigenvalue weighted by Crippen LogP contribution is -2.30. The summed E-state index contributed by atoms with van der Waals surface area (Å²) in [5, 5.41) is 8.87. The van der Waals surface area contributed by atoms with Crippen LogP contribution in [-0.4, -0.2) is 30.1 Å². The summed E-state index contributed by atoms with van der Waals surface area (Å²) < 4.78 is 0.661. The maximum Gasteiger partial charge on any atom is 0.323 e. The number of rotatable bonds is 6. The third-order valence-electron chi connectivity index (χ3n) is 2.39. The molecule has 3 N–H and O–H groups in total. The Morgan fingerprint density at radius 2 is 2.11 bits per heavy atom. The number of carboxylic acids is 1. The maximum atomic E-state index is 11.0. The zero-order valence-corrected chi connectivity index (χ0v) is 11.6. The van der Waals surface area contributed by atoms with Crippen LogP contribution in [0.3, 0.4) is 0 Å². The summed E-state index contributed by atoms with van der Waals surface area (Å²) in [5.74, 6) is -1.41. The van der Waals surface area contributed by atoms with Crippen molar-refractivity contribution in [2.45, 2.75) is 13.3 Å². The highest BCUT2D eigenvalue weighted by Gasteiger charge is 2.14. The molecule has 0 fully saturated rings. The summed E-state index contributed by atoms with van der Waals surface area (Å²) in [5.41, 5.74) is 6.31. The Labute approximate surface area is 114 Å². The molecule has 98 valence electrons. The first-order valence-electron chi connectivity index (χ1n) is 5.51. The molecule has 0 spiro atoms. The van der Waals surface area contributed by atoms with Gasteiger partial charge in [0.25, 0.3) is 0 Å². The van der Waals surface area contributed by atoms with E-state index in [9.17, 15) is 9.59 Å². The molecule has 5 nitrogen and oxygen atoms in total. The first kappa shape index (κ1) is 14.5. The molecule has 6 heteroatoms. The quantitative estimate of drug-likeness (QED) is 0.839. The van der Waals surface area contributed by atoms with Gasteiger partial charge in [0.2, 0.25) is 5.91 Å². The number of aliphatic carboxylic acids is 1. The van der Waals surface area contributed by atoms with Crippen LogP contribution < -0.4 is 10.6 Å². The van der Waals surface area contributed by atoms with Gasteiger partial charge in [-0.05, 0) is 40.5 Å². The Morgan fingerprint density at radius 1 is 1.44 bits per heavy atom. The highest BCUT2D eigenvalue weighted by Crippen LogP contribution is 2.27. The van der Waals surface area contributed by atoms with Gasteiger partial charge in [-0.15, -0.1) is 0 Å². The average molecular weight is 315 g/mol. The maximum absolute atomic E-state index is 11.0. The monoisotopic (exact) mass is 314 g/mol. The average Bonchev–Trinajstić information content (AvgIpc) is 2.27. The predicted molar refractivity (Wildman–Crippen MR) is 72.8 cm³/mol. The fourth-order valence-electron chi connectivity index (χ4n) is 1.63. The van der Waals surface area contributed by atoms with E-state index in [0.717, 1.165) is 12.1 Å². The van der Waals surface area contributed by atoms with Gasteiger partial charge in [0, 0.05) is 16.6 Å². The number of carbonyl (C=O) groups is 2. The first-order valence-corrected chi connectivity index (χ1v) is 6.31. The second-order valence-corrected chi connectivity index (χ2v) is 4.70. The number of benzene rings is 1. The number of nitrogens with zero attached hydrogens (tertiary/aromatic N) is 1. The number of halogens is 1. The van der Waals surface area contributed by atoms with E-state index >= 15 is 0 Å². The van der Waals surface area contributed by atoms with Gasteiger partial charge in [-0.1, -0.05) is 6.92 Å². The Kier molecular flexibility index (Phi) is 5.15. The Bertz CT molecular complexity index is 463. The summed E-state index contributed by atoms with van der Waals surface area (Å²) in [6.07, 6.45) is 0.831. The van der Waals surface area contributed by atoms with Crippen molar-refractivity contribution in [3.05, 3.63) is 28.2 Å². The minimum absolute atomic E-state index is 0.0810. The van der Waals surface area contributed by atoms with E-state index in [1.165, 1.54) is 0 Å². The molecule has 1 aromatic carbocycles. The number of nitrogens with two attached hydrogens (primary N) is 1. The lowest BCUT2D eigenvalue weighted by atomic mass is 10.2. The lowest BCUT2D eigenvalue weighted by molar-refractivity contribution is -0.135. The van der Waals surface area contributed by atoms with Gasteiger partial charge in [0.1, 0.15) is 6.54 Å². The molecule has 0 aliphatic rings. The standard InChI is InChI=1S/C12H15BrN2O3/c1-2-5-15(7-11(16)17)10-4-3-8(12(14)18)6-9(10)13/h3-4,6H,2,5,7H2,1H3,(H2,14,18)(H,16,17). The normalized spacial score (nSPS) is 10.1. The molecule has 0 bridgehead atoms. The first-order chi connectivity index (χ1) is 8.45. The van der Waals surface area contributed by atoms with Crippen molar-refractivity contribution in [1.29, 1.82) is 0 Å². The van der Waals surface area contributed by atoms with Crippen molar-refractivity contribution in [1.82, 2.24) is 0 Å². The van der Waals surface area contributed by atoms with Crippen LogP contribution in [0.1, 0.15) is 23.7 Å². The van der Waals surface area contributed by atoms with E-state index in [-0.39, 0.29) is 6.54 Å². The largest absolute Gasteiger partial charge is 0.480 e. The van der Waals surface area contributed by atoms with Crippen molar-refractivity contribution >= 4 is 33.5 Å². The topological polar surface area (TPSA) is 83.6 Å². The van der Waals surface area contributed by atoms with Crippen LogP contribution in [0.25, 0.3) is 0 Å². The molecular formula is C12H15BrN2O3. The van der Waals surface area contributed by atoms with Crippen LogP contribution in [0.5, 0.6) is 0 Å². The van der Waals surface area contributed by atoms with Gasteiger partial charge in [0.05, 0.1) is 5.69 Å². The zero-order chi connectivity index (χ0) is 13.7. The molecule has 0 aliphatic carbocycles. The van der Waals surface area contributed by atoms with Gasteiger partial charge in [-0.2, -0.15) is 0 Å². The molecule has 0 saturated heterocycles. The Morgan fingerprint density at radius 3 is 2.56 bits per heavy atom. The van der Waals surface area contributed by atoms with Gasteiger partial charge in [0.15, 0.2) is 0 Å². The minimum atomic E-state index is -0.894. The van der Waals surface area contributed by atoms with Crippen LogP contribution in [0.4, 0.5) is 5.69 Å². The van der Waals surface area contributed by atoms with E-state index in [1.54, 1.807) is 23.1 Å². The zero-order valence-electron chi connectivity index (χ0n) is 10.0. The molecule has 0 radical (unpaired) electrons. The molecule has 0 aromatic heterocycles. The molecule has 1 rings (SSSR count). The van der Waals surface area contributed by atoms with Gasteiger partial charge in [-0.25, -0.2) is 0 Å². The molecule has 1 aromatic rings. The van der Waals surface area contributed by atoms with Crippen molar-refractivity contribution in [3.8, 4) is 0 Å². The van der Waals surface area contributed by atoms with Crippen molar-refractivity contribution in [2.75, 3.05) is 18.0 Å². The second kappa shape index (κ2) is 6.39. The number of primary amides is 1. The summed E-state index contributed by atoms with van der Waals surface area (Å²) in [6, 6.07) is 4.89. The summed E-state index contributed by atoms with van der Waals surface area (Å²) in [6.45, 7) is 2.52. The molecule has 1 amide bonds. The van der Waals surface area contributed by atoms with Gasteiger partial charge >= 0.3 is 5.97 Å². The third-order valence-corrected chi connectivity index (χ3v) is 3.03. The summed E-state index contributed by atoms with van der Waals surface area (Å²) in [7, 11) is 0. The van der Waals surface area contributed by atoms with Crippen LogP contribution in [0.2, 0.25) is 0 Å². The SMILES string of the molecule is CCCN(CC(=O)O)c1ccc(C(N)=O)cc1Br. The highest BCUT2D eigenvalue weighted by molar-refractivity contribution is 9.10. The van der Waals surface area contributed by atoms with E-state index in [1.807, 2.05) is 6.92 Å². The molecule has 0 unspecified atom stereocenters. The Balaban J connectivity index is 3.04. The van der Waals surface area contributed by atoms with Crippen LogP contribution in [0.15, 0.2) is 22.7 Å². The second-order valence-electron chi connectivity index (χ2n) is 3.85. The number of hydrogen-bond acceptors (Lipinski definition) is 3. The van der Waals surface area contributed by atoms with Crippen LogP contribution in [0, 0.1) is 0 Å². The molecule has 0 atom stereocenters. The highest BCUT2D eigenvalue weighted by atomic mass is 79.9. The number of carbonyl (C=O) groups excluding carboxylic acids is 1. The van der Waals surface area contributed by atoms with Gasteiger partial charge in [-0.3, -0.25) is 9.59 Å². The van der Waals surface area contributed by atoms with Crippen molar-refractivity contribution in [2.24, 2.45) is 5.73 Å². The van der Waals surface area contributed by atoms with E-state index < -0.39 is 11.9 Å². The van der Waals surface area contributed by atoms with E-state index in [4.69, 9.17) is 10.8 Å². The molecule has 18 heavy (non-hydrogen) atoms. The lowest BCUT2D eigenvalue weighted by Gasteiger charge is -2.23. The van der Waals surface area contributed by atoms with Gasteiger partial charge < -0.3 is 15.7 Å². The smallest absolute Gasteiger partial charge is 0.323 e. The number of hydrogen-bond donors (Lipinski definition) is 2. The predicted octanol–water partition coefficient (Wildman–Crippen LogP) is 1.85. The number of amides is 1. The summed E-state index contributed by atoms with van der Waals surface area (Å²) >= 11 is 3.33. The number of carboxylic acid groups (broad SMARTS) is 1. The summed E-state index contributed by atoms with van der Waals surface area (Å²) in [4.78, 5) is 23.6. The minimum Gasteiger partial charge on any atom is -0.480 e. The van der Waals surface area contributed by atoms with E-state index in [0.29, 0.717) is 16.6 Å². The third kappa shape index (κ3) is 3.73. The van der Waals surface area contributed by atoms with Crippen molar-refractivity contribution in [3.63, 3.8) is 0 Å². The van der Waals surface area contributed by atoms with Crippen LogP contribution in [-0.2, 0) is 4.79 Å². The molecule has 0 saturated carbocycles. The fourth-order valence-corrected chi connectivity index (χ4v) is 2.26. The molecule has 0 aliphatic heterocycles. The van der Waals surface area contributed by atoms with Crippen LogP contribution >= 0.6 is 15.9 Å². The van der Waals surface area contributed by atoms with Crippen molar-refractivity contribution < 1.29 is 14.7 Å². The molecule has 0 heterocycles. The Hall–Kier alpha value is -1.56. The molecular weight excluding hydrogens is 300 g/mol. The number of anilines is 1. The van der Waals surface area contributed by atoms with E-state index in [2.05, 4.69) is 15.9 Å².